The average molecular weight is 546 g/mol. The Morgan fingerprint density at radius 3 is 1.45 bits per heavy atom. The monoisotopic (exact) mass is 545 g/mol. The normalized spacial score (nSPS) is 20.9. The molecule has 3 aliphatic rings. The Kier molecular flexibility index (Phi) is 6.31. The van der Waals surface area contributed by atoms with Gasteiger partial charge in [-0.3, -0.25) is 0 Å². The van der Waals surface area contributed by atoms with E-state index in [2.05, 4.69) is 89.6 Å². The van der Waals surface area contributed by atoms with Crippen LogP contribution < -0.4 is 4.67 Å². The predicted octanol–water partition coefficient (Wildman–Crippen LogP) is 10.3. The highest BCUT2D eigenvalue weighted by atomic mass is 31.1. The maximum atomic E-state index is 7.15. The van der Waals surface area contributed by atoms with Gasteiger partial charge in [-0.05, 0) is 110 Å². The van der Waals surface area contributed by atoms with Gasteiger partial charge in [0, 0.05) is 22.9 Å². The van der Waals surface area contributed by atoms with Crippen LogP contribution in [0.4, 0.5) is 0 Å². The Hall–Kier alpha value is -3.26. The van der Waals surface area contributed by atoms with Crippen molar-refractivity contribution in [3.05, 3.63) is 118 Å². The van der Waals surface area contributed by atoms with E-state index < -0.39 is 8.16 Å². The van der Waals surface area contributed by atoms with Crippen molar-refractivity contribution in [3.63, 3.8) is 0 Å². The van der Waals surface area contributed by atoms with Gasteiger partial charge in [0.15, 0.2) is 0 Å². The van der Waals surface area contributed by atoms with Crippen molar-refractivity contribution in [2.75, 3.05) is 4.67 Å². The molecular formula is C36H36NO2P. The van der Waals surface area contributed by atoms with Gasteiger partial charge in [0.05, 0.1) is 0 Å². The molecule has 2 heterocycles. The van der Waals surface area contributed by atoms with Crippen LogP contribution in [0.2, 0.25) is 0 Å². The van der Waals surface area contributed by atoms with Crippen molar-refractivity contribution < 1.29 is 8.39 Å². The standard InChI is InChI=1S/C36H36NO2P/c1-3-13-27(14-4-1)31-21-22-32(28-15-5-2-6-16-28)37(31)40-38-33-23-19-25-11-7-9-17-29(25)35(33)36-30-18-10-8-12-26(30)20-24-34(36)39-40/h1-6,13-16,19-20,23-24,31-32H,7-12,17-18,21-22H2/t31-,32-/m1/s1. The highest BCUT2D eigenvalue weighted by Crippen LogP contribution is 2.54. The molecule has 3 nitrogen and oxygen atoms in total. The third-order valence-corrected chi connectivity index (χ3v) is 11.1. The molecule has 1 saturated heterocycles. The van der Waals surface area contributed by atoms with E-state index in [-0.39, 0.29) is 12.1 Å². The second kappa shape index (κ2) is 10.3. The minimum absolute atomic E-state index is 0.248. The summed E-state index contributed by atoms with van der Waals surface area (Å²) in [5.41, 5.74) is 10.8. The molecule has 2 aliphatic carbocycles. The summed E-state index contributed by atoms with van der Waals surface area (Å²) in [6.07, 6.45) is 11.8. The van der Waals surface area contributed by atoms with E-state index in [1.54, 1.807) is 0 Å². The fourth-order valence-corrected chi connectivity index (χ4v) is 9.43. The van der Waals surface area contributed by atoms with E-state index in [0.29, 0.717) is 0 Å². The highest BCUT2D eigenvalue weighted by Gasteiger charge is 2.39. The molecule has 4 heteroatoms. The molecule has 0 unspecified atom stereocenters. The molecule has 5 aromatic rings. The molecule has 0 saturated carbocycles. The number of aryl methyl sites for hydroxylation is 4. The quantitative estimate of drug-likeness (QED) is 0.226. The van der Waals surface area contributed by atoms with E-state index in [0.717, 1.165) is 36.8 Å². The number of rotatable bonds is 3. The van der Waals surface area contributed by atoms with Crippen LogP contribution >= 0.6 is 8.16 Å². The average Bonchev–Trinajstić information content (AvgIpc) is 3.39. The van der Waals surface area contributed by atoms with Crippen LogP contribution in [-0.4, -0.2) is 0 Å². The molecule has 0 spiro atoms. The lowest BCUT2D eigenvalue weighted by Crippen LogP contribution is -2.22. The van der Waals surface area contributed by atoms with Gasteiger partial charge in [0.25, 0.3) is 0 Å². The summed E-state index contributed by atoms with van der Waals surface area (Å²) < 4.78 is 16.9. The van der Waals surface area contributed by atoms with Crippen LogP contribution in [0.25, 0.3) is 21.9 Å². The van der Waals surface area contributed by atoms with E-state index in [4.69, 9.17) is 8.39 Å². The van der Waals surface area contributed by atoms with Crippen molar-refractivity contribution in [3.8, 4) is 0 Å². The summed E-state index contributed by atoms with van der Waals surface area (Å²) >= 11 is 0. The largest absolute Gasteiger partial charge is 0.408 e. The van der Waals surface area contributed by atoms with Gasteiger partial charge in [-0.25, -0.2) is 0 Å². The number of fused-ring (bicyclic) bond motifs is 7. The Morgan fingerprint density at radius 2 is 0.975 bits per heavy atom. The summed E-state index contributed by atoms with van der Waals surface area (Å²) in [6, 6.07) is 31.7. The zero-order valence-electron chi connectivity index (χ0n) is 23.0. The molecule has 1 aliphatic heterocycles. The third-order valence-electron chi connectivity index (χ3n) is 9.50. The molecule has 0 N–H and O–H groups in total. The van der Waals surface area contributed by atoms with Gasteiger partial charge in [0.1, 0.15) is 11.2 Å². The van der Waals surface area contributed by atoms with Gasteiger partial charge >= 0.3 is 8.16 Å². The Morgan fingerprint density at radius 1 is 0.525 bits per heavy atom. The predicted molar refractivity (Wildman–Crippen MR) is 165 cm³/mol. The molecule has 0 radical (unpaired) electrons. The van der Waals surface area contributed by atoms with Crippen molar-refractivity contribution in [2.45, 2.75) is 76.3 Å². The zero-order valence-corrected chi connectivity index (χ0v) is 23.9. The Labute approximate surface area is 237 Å². The summed E-state index contributed by atoms with van der Waals surface area (Å²) in [6.45, 7) is 0. The SMILES string of the molecule is c1ccc([C@H]2CC[C@H](c3ccccc3)N2p2oc3ccc4c(c3c3c5c(ccc3o2)CCCC5)CCCC4)cc1. The fourth-order valence-electron chi connectivity index (χ4n) is 7.61. The third kappa shape index (κ3) is 4.14. The lowest BCUT2D eigenvalue weighted by atomic mass is 9.84. The second-order valence-electron chi connectivity index (χ2n) is 11.8. The molecule has 1 aromatic heterocycles. The first kappa shape index (κ1) is 24.5. The summed E-state index contributed by atoms with van der Waals surface area (Å²) in [5, 5.41) is 2.67. The van der Waals surface area contributed by atoms with Crippen LogP contribution in [0.1, 0.15) is 84.0 Å². The molecule has 0 bridgehead atoms. The van der Waals surface area contributed by atoms with E-state index in [9.17, 15) is 0 Å². The highest BCUT2D eigenvalue weighted by molar-refractivity contribution is 7.39. The van der Waals surface area contributed by atoms with E-state index >= 15 is 0 Å². The minimum Gasteiger partial charge on any atom is -0.408 e. The van der Waals surface area contributed by atoms with Crippen LogP contribution in [0.5, 0.6) is 0 Å². The lowest BCUT2D eigenvalue weighted by Gasteiger charge is -2.27. The Bertz CT molecular complexity index is 1600. The van der Waals surface area contributed by atoms with Crippen molar-refractivity contribution in [1.29, 1.82) is 0 Å². The molecule has 0 amide bonds. The number of benzene rings is 4. The molecule has 8 rings (SSSR count). The first-order valence-electron chi connectivity index (χ1n) is 15.2. The Balaban J connectivity index is 1.43. The van der Waals surface area contributed by atoms with E-state index in [1.807, 2.05) is 0 Å². The minimum atomic E-state index is -1.39. The van der Waals surface area contributed by atoms with Gasteiger partial charge < -0.3 is 8.39 Å². The molecule has 202 valence electrons. The fraction of sp³-hybridized carbons (Fsp3) is 0.333. The molecule has 1 fully saturated rings. The summed E-state index contributed by atoms with van der Waals surface area (Å²) in [4.78, 5) is 0. The molecule has 40 heavy (non-hydrogen) atoms. The number of nitrogens with zero attached hydrogens (tertiary/aromatic N) is 1. The second-order valence-corrected chi connectivity index (χ2v) is 13.1. The van der Waals surface area contributed by atoms with Crippen LogP contribution in [0, 0.1) is 0 Å². The van der Waals surface area contributed by atoms with Crippen molar-refractivity contribution in [2.24, 2.45) is 0 Å². The molecular weight excluding hydrogens is 509 g/mol. The smallest absolute Gasteiger partial charge is 0.310 e. The first-order chi connectivity index (χ1) is 19.8. The van der Waals surface area contributed by atoms with Gasteiger partial charge in [-0.15, -0.1) is 0 Å². The van der Waals surface area contributed by atoms with Crippen LogP contribution in [0.15, 0.2) is 93.3 Å². The zero-order chi connectivity index (χ0) is 26.5. The van der Waals surface area contributed by atoms with Crippen LogP contribution in [0.3, 0.4) is 0 Å². The van der Waals surface area contributed by atoms with Crippen molar-refractivity contribution in [1.82, 2.24) is 0 Å². The maximum absolute atomic E-state index is 7.15. The maximum Gasteiger partial charge on any atom is 0.310 e. The van der Waals surface area contributed by atoms with Crippen LogP contribution in [-0.2, 0) is 25.7 Å². The molecule has 4 aromatic carbocycles. The van der Waals surface area contributed by atoms with Gasteiger partial charge in [0.2, 0.25) is 0 Å². The molecule has 2 atom stereocenters. The van der Waals surface area contributed by atoms with E-state index in [1.165, 1.54) is 82.7 Å². The lowest BCUT2D eigenvalue weighted by molar-refractivity contribution is 0.593. The summed E-state index contributed by atoms with van der Waals surface area (Å²) in [7, 11) is -1.39. The number of hydrogen-bond donors (Lipinski definition) is 0. The van der Waals surface area contributed by atoms with Gasteiger partial charge in [-0.2, -0.15) is 4.67 Å². The summed E-state index contributed by atoms with van der Waals surface area (Å²) in [5.74, 6) is 0. The topological polar surface area (TPSA) is 29.5 Å². The van der Waals surface area contributed by atoms with Gasteiger partial charge in [-0.1, -0.05) is 72.8 Å². The first-order valence-corrected chi connectivity index (χ1v) is 16.3. The van der Waals surface area contributed by atoms with Crippen molar-refractivity contribution >= 4 is 30.1 Å². The number of hydrogen-bond acceptors (Lipinski definition) is 3.